The van der Waals surface area contributed by atoms with Crippen LogP contribution in [0.1, 0.15) is 28.7 Å². The number of aryl methyl sites for hydroxylation is 2. The molecule has 0 spiro atoms. The molecule has 0 aliphatic heterocycles. The number of nitrogens with zero attached hydrogens (tertiary/aromatic N) is 1. The van der Waals surface area contributed by atoms with Crippen molar-refractivity contribution in [2.45, 2.75) is 32.5 Å². The van der Waals surface area contributed by atoms with Gasteiger partial charge in [-0.15, -0.1) is 0 Å². The maximum Gasteiger partial charge on any atom is 0.422 e. The number of aromatic nitrogens is 1. The molecule has 110 valence electrons. The highest BCUT2D eigenvalue weighted by molar-refractivity contribution is 5.98. The van der Waals surface area contributed by atoms with Crippen LogP contribution >= 0.6 is 0 Å². The van der Waals surface area contributed by atoms with Crippen molar-refractivity contribution in [2.24, 2.45) is 0 Å². The van der Waals surface area contributed by atoms with Gasteiger partial charge in [0.15, 0.2) is 0 Å². The molecule has 5 nitrogen and oxygen atoms in total. The number of nitrogens with one attached hydrogen (secondary N) is 1. The van der Waals surface area contributed by atoms with Crippen LogP contribution in [0, 0.1) is 13.8 Å². The summed E-state index contributed by atoms with van der Waals surface area (Å²) in [6.45, 7) is 3.50. The second-order valence-corrected chi connectivity index (χ2v) is 4.47. The maximum absolute atomic E-state index is 12.8. The highest BCUT2D eigenvalue weighted by Gasteiger charge is 2.58. The van der Waals surface area contributed by atoms with Crippen molar-refractivity contribution in [3.05, 3.63) is 29.1 Å². The summed E-state index contributed by atoms with van der Waals surface area (Å²) in [6.07, 6.45) is -5.12. The van der Waals surface area contributed by atoms with E-state index in [1.165, 1.54) is 24.4 Å². The van der Waals surface area contributed by atoms with Crippen LogP contribution in [0.25, 0.3) is 0 Å². The Morgan fingerprint density at radius 1 is 1.25 bits per heavy atom. The molecule has 1 aromatic heterocycles. The Morgan fingerprint density at radius 2 is 1.80 bits per heavy atom. The van der Waals surface area contributed by atoms with Gasteiger partial charge in [-0.2, -0.15) is 13.2 Å². The van der Waals surface area contributed by atoms with Gasteiger partial charge < -0.3 is 10.4 Å². The molecular weight excluding hydrogens is 277 g/mol. The molecule has 0 saturated heterocycles. The fourth-order valence-corrected chi connectivity index (χ4v) is 1.47. The number of alkyl halides is 3. The van der Waals surface area contributed by atoms with Crippen LogP contribution in [-0.2, 0) is 4.79 Å². The molecule has 1 rings (SSSR count). The Hall–Kier alpha value is -2.12. The zero-order valence-electron chi connectivity index (χ0n) is 11.0. The summed E-state index contributed by atoms with van der Waals surface area (Å²) in [5.41, 5.74) is -2.65. The standard InChI is InChI=1S/C12H13F3N2O3/c1-6-4-5-8(7(2)16-6)9(18)17-11(3,10(19)20)12(13,14)15/h4-5H,1-3H3,(H,17,18)(H,19,20). The molecule has 0 aliphatic rings. The van der Waals surface area contributed by atoms with E-state index in [0.717, 1.165) is 0 Å². The Labute approximate surface area is 112 Å². The Bertz CT molecular complexity index is 557. The van der Waals surface area contributed by atoms with Crippen molar-refractivity contribution in [3.63, 3.8) is 0 Å². The minimum Gasteiger partial charge on any atom is -0.479 e. The molecule has 0 aliphatic carbocycles. The first-order valence-electron chi connectivity index (χ1n) is 5.56. The molecule has 0 aromatic carbocycles. The van der Waals surface area contributed by atoms with Gasteiger partial charge in [-0.1, -0.05) is 0 Å². The molecule has 1 aromatic rings. The lowest BCUT2D eigenvalue weighted by molar-refractivity contribution is -0.203. The van der Waals surface area contributed by atoms with Crippen LogP contribution in [0.2, 0.25) is 0 Å². The van der Waals surface area contributed by atoms with Crippen LogP contribution in [0.4, 0.5) is 13.2 Å². The van der Waals surface area contributed by atoms with Gasteiger partial charge in [-0.25, -0.2) is 4.79 Å². The number of carbonyl (C=O) groups excluding carboxylic acids is 1. The van der Waals surface area contributed by atoms with Crippen molar-refractivity contribution >= 4 is 11.9 Å². The van der Waals surface area contributed by atoms with Gasteiger partial charge >= 0.3 is 12.1 Å². The van der Waals surface area contributed by atoms with E-state index < -0.39 is 23.6 Å². The molecule has 0 radical (unpaired) electrons. The average Bonchev–Trinajstić information content (AvgIpc) is 2.26. The molecule has 0 bridgehead atoms. The molecule has 1 atom stereocenters. The number of pyridine rings is 1. The highest BCUT2D eigenvalue weighted by atomic mass is 19.4. The summed E-state index contributed by atoms with van der Waals surface area (Å²) in [5, 5.41) is 10.2. The van der Waals surface area contributed by atoms with Crippen molar-refractivity contribution in [1.82, 2.24) is 10.3 Å². The number of aliphatic carboxylic acids is 1. The number of carboxylic acids is 1. The largest absolute Gasteiger partial charge is 0.479 e. The molecule has 1 unspecified atom stereocenters. The van der Waals surface area contributed by atoms with Gasteiger partial charge in [-0.3, -0.25) is 9.78 Å². The predicted molar refractivity (Wildman–Crippen MR) is 63.3 cm³/mol. The molecule has 20 heavy (non-hydrogen) atoms. The summed E-state index contributed by atoms with van der Waals surface area (Å²) in [4.78, 5) is 26.6. The molecule has 0 saturated carbocycles. The van der Waals surface area contributed by atoms with E-state index in [1.54, 1.807) is 6.92 Å². The van der Waals surface area contributed by atoms with Crippen molar-refractivity contribution in [3.8, 4) is 0 Å². The van der Waals surface area contributed by atoms with Gasteiger partial charge in [0.25, 0.3) is 5.91 Å². The first-order chi connectivity index (χ1) is 8.99. The number of hydrogen-bond donors (Lipinski definition) is 2. The fourth-order valence-electron chi connectivity index (χ4n) is 1.47. The van der Waals surface area contributed by atoms with Gasteiger partial charge in [-0.05, 0) is 32.9 Å². The molecule has 1 heterocycles. The summed E-state index contributed by atoms with van der Waals surface area (Å²) < 4.78 is 38.4. The number of rotatable bonds is 3. The highest BCUT2D eigenvalue weighted by Crippen LogP contribution is 2.30. The zero-order chi connectivity index (χ0) is 15.7. The third kappa shape index (κ3) is 2.89. The van der Waals surface area contributed by atoms with Gasteiger partial charge in [0, 0.05) is 5.69 Å². The number of carboxylic acid groups (broad SMARTS) is 1. The van der Waals surface area contributed by atoms with E-state index in [1.807, 2.05) is 0 Å². The SMILES string of the molecule is Cc1ccc(C(=O)NC(C)(C(=O)O)C(F)(F)F)c(C)n1. The minimum atomic E-state index is -5.12. The zero-order valence-corrected chi connectivity index (χ0v) is 11.0. The third-order valence-corrected chi connectivity index (χ3v) is 2.83. The monoisotopic (exact) mass is 290 g/mol. The van der Waals surface area contributed by atoms with Crippen LogP contribution in [0.3, 0.4) is 0 Å². The third-order valence-electron chi connectivity index (χ3n) is 2.83. The number of carbonyl (C=O) groups is 2. The van der Waals surface area contributed by atoms with E-state index in [0.29, 0.717) is 12.6 Å². The summed E-state index contributed by atoms with van der Waals surface area (Å²) in [7, 11) is 0. The van der Waals surface area contributed by atoms with Gasteiger partial charge in [0.05, 0.1) is 11.3 Å². The quantitative estimate of drug-likeness (QED) is 0.890. The van der Waals surface area contributed by atoms with E-state index in [4.69, 9.17) is 5.11 Å². The van der Waals surface area contributed by atoms with Crippen LogP contribution in [0.15, 0.2) is 12.1 Å². The first-order valence-corrected chi connectivity index (χ1v) is 5.56. The smallest absolute Gasteiger partial charge is 0.422 e. The fraction of sp³-hybridized carbons (Fsp3) is 0.417. The van der Waals surface area contributed by atoms with E-state index in [2.05, 4.69) is 4.98 Å². The minimum absolute atomic E-state index is 0.104. The Morgan fingerprint density at radius 3 is 2.20 bits per heavy atom. The van der Waals surface area contributed by atoms with Crippen molar-refractivity contribution < 1.29 is 27.9 Å². The van der Waals surface area contributed by atoms with Gasteiger partial charge in [0.1, 0.15) is 0 Å². The molecular formula is C12H13F3N2O3. The molecule has 8 heteroatoms. The topological polar surface area (TPSA) is 79.3 Å². The summed E-state index contributed by atoms with van der Waals surface area (Å²) in [6, 6.07) is 2.75. The summed E-state index contributed by atoms with van der Waals surface area (Å²) >= 11 is 0. The lowest BCUT2D eigenvalue weighted by Gasteiger charge is -2.28. The Balaban J connectivity index is 3.13. The average molecular weight is 290 g/mol. The first kappa shape index (κ1) is 15.9. The summed E-state index contributed by atoms with van der Waals surface area (Å²) in [5.74, 6) is -3.33. The second kappa shape index (κ2) is 5.10. The van der Waals surface area contributed by atoms with E-state index in [9.17, 15) is 22.8 Å². The molecule has 2 N–H and O–H groups in total. The van der Waals surface area contributed by atoms with E-state index >= 15 is 0 Å². The van der Waals surface area contributed by atoms with Crippen LogP contribution in [-0.4, -0.2) is 33.7 Å². The van der Waals surface area contributed by atoms with Crippen LogP contribution in [0.5, 0.6) is 0 Å². The number of amides is 1. The van der Waals surface area contributed by atoms with Crippen LogP contribution < -0.4 is 5.32 Å². The Kier molecular flexibility index (Phi) is 4.07. The van der Waals surface area contributed by atoms with Gasteiger partial charge in [0.2, 0.25) is 5.54 Å². The number of halogens is 3. The van der Waals surface area contributed by atoms with Crippen molar-refractivity contribution in [2.75, 3.05) is 0 Å². The normalized spacial score (nSPS) is 14.5. The van der Waals surface area contributed by atoms with E-state index in [-0.39, 0.29) is 11.3 Å². The second-order valence-electron chi connectivity index (χ2n) is 4.47. The number of hydrogen-bond acceptors (Lipinski definition) is 3. The lowest BCUT2D eigenvalue weighted by atomic mass is 10.0. The predicted octanol–water partition coefficient (Wildman–Crippen LogP) is 1.83. The maximum atomic E-state index is 12.8. The lowest BCUT2D eigenvalue weighted by Crippen LogP contribution is -2.62. The van der Waals surface area contributed by atoms with Crippen molar-refractivity contribution in [1.29, 1.82) is 0 Å². The molecule has 0 fully saturated rings. The molecule has 1 amide bonds.